The van der Waals surface area contributed by atoms with E-state index in [4.69, 9.17) is 14.4 Å². The molecule has 10 rings (SSSR count). The number of benzene rings is 7. The van der Waals surface area contributed by atoms with Crippen molar-refractivity contribution < 1.29 is 4.42 Å². The maximum absolute atomic E-state index is 6.88. The molecule has 0 bridgehead atoms. The zero-order valence-electron chi connectivity index (χ0n) is 44.6. The van der Waals surface area contributed by atoms with Crippen LogP contribution in [0.2, 0.25) is 0 Å². The molecule has 3 heterocycles. The normalized spacial score (nSPS) is 12.2. The minimum Gasteiger partial charge on any atom is -0.455 e. The van der Waals surface area contributed by atoms with E-state index in [0.29, 0.717) is 23.7 Å². The Hall–Kier alpha value is -7.24. The van der Waals surface area contributed by atoms with Gasteiger partial charge in [0.05, 0.1) is 11.4 Å². The quantitative estimate of drug-likeness (QED) is 0.116. The smallest absolute Gasteiger partial charge is 0.144 e. The molecule has 0 radical (unpaired) electrons. The van der Waals surface area contributed by atoms with E-state index in [-0.39, 0.29) is 5.92 Å². The molecule has 0 spiro atoms. The number of rotatable bonds is 13. The third-order valence-corrected chi connectivity index (χ3v) is 14.9. The Labute approximate surface area is 428 Å². The highest BCUT2D eigenvalue weighted by Crippen LogP contribution is 2.46. The molecule has 0 N–H and O–H groups in total. The molecule has 0 fully saturated rings. The number of hydrogen-bond donors (Lipinski definition) is 0. The highest BCUT2D eigenvalue weighted by molar-refractivity contribution is 6.12. The third-order valence-electron chi connectivity index (χ3n) is 14.9. The Morgan fingerprint density at radius 2 is 1.11 bits per heavy atom. The monoisotopic (exact) mass is 949 g/mol. The van der Waals surface area contributed by atoms with Gasteiger partial charge in [0.1, 0.15) is 22.8 Å². The summed E-state index contributed by atoms with van der Waals surface area (Å²) in [6, 6.07) is 50.2. The zero-order valence-corrected chi connectivity index (χ0v) is 44.6. The minimum absolute atomic E-state index is 0.258. The van der Waals surface area contributed by atoms with Gasteiger partial charge in [0, 0.05) is 52.3 Å². The van der Waals surface area contributed by atoms with E-state index >= 15 is 0 Å². The van der Waals surface area contributed by atoms with Crippen LogP contribution in [0.4, 0.5) is 0 Å². The SMILES string of the molecule is CCc1cccc(C(C)C)c1-n1ccnc1-c1ccccc1C[C@@H](C)C(C)C.Cc1ccccc1-c1cc(-c2cccc3c2oc2cc(C(C)C)c(-n4ccnc4-c4ccccc4)c(C(C)C)c23)ccc1C. The molecule has 0 aliphatic carbocycles. The Kier molecular flexibility index (Phi) is 14.7. The summed E-state index contributed by atoms with van der Waals surface area (Å²) in [5.41, 5.74) is 20.8. The first-order chi connectivity index (χ1) is 34.8. The number of aromatic nitrogens is 4. The largest absolute Gasteiger partial charge is 0.455 e. The van der Waals surface area contributed by atoms with Gasteiger partial charge in [0.15, 0.2) is 0 Å². The average Bonchev–Trinajstić information content (AvgIpc) is 4.16. The second-order valence-corrected chi connectivity index (χ2v) is 21.1. The van der Waals surface area contributed by atoms with Crippen LogP contribution in [0.3, 0.4) is 0 Å². The summed E-state index contributed by atoms with van der Waals surface area (Å²) in [5, 5.41) is 2.34. The maximum atomic E-state index is 6.88. The van der Waals surface area contributed by atoms with Crippen molar-refractivity contribution in [2.45, 2.75) is 114 Å². The summed E-state index contributed by atoms with van der Waals surface area (Å²) in [4.78, 5) is 9.65. The van der Waals surface area contributed by atoms with E-state index in [0.717, 1.165) is 57.7 Å². The Morgan fingerprint density at radius 3 is 1.79 bits per heavy atom. The number of hydrogen-bond acceptors (Lipinski definition) is 3. The number of nitrogens with zero attached hydrogens (tertiary/aromatic N) is 4. The van der Waals surface area contributed by atoms with Gasteiger partial charge in [-0.15, -0.1) is 0 Å². The molecule has 0 aliphatic heterocycles. The second-order valence-electron chi connectivity index (χ2n) is 21.1. The molecule has 0 unspecified atom stereocenters. The number of imidazole rings is 2. The molecule has 0 saturated heterocycles. The van der Waals surface area contributed by atoms with Crippen molar-refractivity contribution >= 4 is 21.9 Å². The van der Waals surface area contributed by atoms with E-state index in [1.54, 1.807) is 0 Å². The van der Waals surface area contributed by atoms with Crippen LogP contribution in [-0.2, 0) is 12.8 Å². The molecule has 72 heavy (non-hydrogen) atoms. The zero-order chi connectivity index (χ0) is 50.8. The van der Waals surface area contributed by atoms with Crippen molar-refractivity contribution in [1.29, 1.82) is 0 Å². The van der Waals surface area contributed by atoms with Gasteiger partial charge in [-0.1, -0.05) is 197 Å². The van der Waals surface area contributed by atoms with Crippen molar-refractivity contribution in [1.82, 2.24) is 19.1 Å². The summed E-state index contributed by atoms with van der Waals surface area (Å²) >= 11 is 0. The van der Waals surface area contributed by atoms with Gasteiger partial charge in [0.25, 0.3) is 0 Å². The van der Waals surface area contributed by atoms with Crippen molar-refractivity contribution in [2.75, 3.05) is 0 Å². The van der Waals surface area contributed by atoms with Crippen molar-refractivity contribution in [2.24, 2.45) is 11.8 Å². The molecule has 7 aromatic carbocycles. The van der Waals surface area contributed by atoms with Crippen LogP contribution in [0.5, 0.6) is 0 Å². The highest BCUT2D eigenvalue weighted by Gasteiger charge is 2.26. The van der Waals surface area contributed by atoms with Gasteiger partial charge in [-0.05, 0) is 124 Å². The van der Waals surface area contributed by atoms with Gasteiger partial charge in [-0.2, -0.15) is 0 Å². The van der Waals surface area contributed by atoms with Crippen LogP contribution in [0.15, 0.2) is 169 Å². The second kappa shape index (κ2) is 21.2. The molecular formula is C67H72N4O. The molecule has 0 saturated carbocycles. The van der Waals surface area contributed by atoms with Gasteiger partial charge >= 0.3 is 0 Å². The topological polar surface area (TPSA) is 48.8 Å². The summed E-state index contributed by atoms with van der Waals surface area (Å²) < 4.78 is 11.5. The average molecular weight is 949 g/mol. The predicted molar refractivity (Wildman–Crippen MR) is 305 cm³/mol. The molecule has 3 aromatic heterocycles. The van der Waals surface area contributed by atoms with E-state index < -0.39 is 0 Å². The minimum atomic E-state index is 0.258. The van der Waals surface area contributed by atoms with Crippen LogP contribution in [0, 0.1) is 25.7 Å². The molecule has 0 amide bonds. The summed E-state index contributed by atoms with van der Waals surface area (Å²) in [5.74, 6) is 4.32. The van der Waals surface area contributed by atoms with E-state index in [9.17, 15) is 0 Å². The van der Waals surface area contributed by atoms with Gasteiger partial charge in [-0.3, -0.25) is 9.13 Å². The Bertz CT molecular complexity index is 3490. The number of aryl methyl sites for hydroxylation is 3. The highest BCUT2D eigenvalue weighted by atomic mass is 16.3. The number of para-hydroxylation sites is 2. The summed E-state index contributed by atoms with van der Waals surface area (Å²) in [6.07, 6.45) is 10.2. The van der Waals surface area contributed by atoms with Crippen LogP contribution in [-0.4, -0.2) is 19.1 Å². The molecule has 366 valence electrons. The molecule has 10 aromatic rings. The molecule has 5 nitrogen and oxygen atoms in total. The number of furan rings is 1. The molecular weight excluding hydrogens is 877 g/mol. The van der Waals surface area contributed by atoms with E-state index in [2.05, 4.69) is 244 Å². The Balaban J connectivity index is 0.000000197. The van der Waals surface area contributed by atoms with E-state index in [1.807, 2.05) is 12.4 Å². The first-order valence-corrected chi connectivity index (χ1v) is 26.3. The summed E-state index contributed by atoms with van der Waals surface area (Å²) in [7, 11) is 0. The molecule has 0 aliphatic rings. The predicted octanol–water partition coefficient (Wildman–Crippen LogP) is 18.7. The molecule has 1 atom stereocenters. The number of fused-ring (bicyclic) bond motifs is 3. The first kappa shape index (κ1) is 49.7. The van der Waals surface area contributed by atoms with E-state index in [1.165, 1.54) is 72.4 Å². The standard InChI is InChI=1S/C41H38N2O.C26H34N2/c1-25(2)34-24-36-38(37(26(3)4)39(34)43-22-21-42-41(43)29-14-8-7-9-15-29)33-18-12-17-32(40(33)44-36)30-20-19-28(6)35(23-30)31-16-11-10-13-27(31)5;1-7-21-12-10-14-23(19(4)5)25(21)28-16-15-27-26(28)24-13-9-8-11-22(24)17-20(6)18(2)3/h7-26H,1-6H3;8-16,18-20H,7,17H2,1-6H3/t;20-/m.1/s1. The van der Waals surface area contributed by atoms with Gasteiger partial charge in [0.2, 0.25) is 0 Å². The molecule has 5 heteroatoms. The van der Waals surface area contributed by atoms with Crippen molar-refractivity contribution in [3.8, 4) is 56.4 Å². The lowest BCUT2D eigenvalue weighted by molar-refractivity contribution is 0.417. The lowest BCUT2D eigenvalue weighted by atomic mass is 9.88. The van der Waals surface area contributed by atoms with Crippen LogP contribution >= 0.6 is 0 Å². The maximum Gasteiger partial charge on any atom is 0.144 e. The summed E-state index contributed by atoms with van der Waals surface area (Å²) in [6.45, 7) is 27.2. The van der Waals surface area contributed by atoms with Crippen molar-refractivity contribution in [3.63, 3.8) is 0 Å². The van der Waals surface area contributed by atoms with Crippen LogP contribution in [0.25, 0.3) is 78.3 Å². The van der Waals surface area contributed by atoms with Gasteiger partial charge < -0.3 is 4.42 Å². The lowest BCUT2D eigenvalue weighted by Crippen LogP contribution is -2.10. The van der Waals surface area contributed by atoms with Crippen LogP contribution in [0.1, 0.15) is 126 Å². The Morgan fingerprint density at radius 1 is 0.500 bits per heavy atom. The lowest BCUT2D eigenvalue weighted by Gasteiger charge is -2.23. The van der Waals surface area contributed by atoms with Crippen molar-refractivity contribution in [3.05, 3.63) is 203 Å². The third kappa shape index (κ3) is 9.62. The first-order valence-electron chi connectivity index (χ1n) is 26.3. The fourth-order valence-electron chi connectivity index (χ4n) is 10.6. The fraction of sp³-hybridized carbons (Fsp3) is 0.284. The van der Waals surface area contributed by atoms with Gasteiger partial charge in [-0.25, -0.2) is 9.97 Å². The fourth-order valence-corrected chi connectivity index (χ4v) is 10.6. The van der Waals surface area contributed by atoms with Crippen LogP contribution < -0.4 is 0 Å².